The zero-order valence-corrected chi connectivity index (χ0v) is 21.4. The maximum Gasteiger partial charge on any atom is 0.241 e. The Hall–Kier alpha value is -4.17. The Bertz CT molecular complexity index is 1340. The van der Waals surface area contributed by atoms with Crippen molar-refractivity contribution in [3.63, 3.8) is 0 Å². The first-order valence-corrected chi connectivity index (χ1v) is 12.3. The molecule has 1 fully saturated rings. The van der Waals surface area contributed by atoms with Crippen molar-refractivity contribution in [3.05, 3.63) is 106 Å². The van der Waals surface area contributed by atoms with Gasteiger partial charge in [0.1, 0.15) is 0 Å². The predicted molar refractivity (Wildman–Crippen MR) is 145 cm³/mol. The molecule has 2 amide bonds. The average molecular weight is 518 g/mol. The van der Waals surface area contributed by atoms with Crippen molar-refractivity contribution in [1.29, 1.82) is 0 Å². The molecule has 0 aliphatic carbocycles. The number of hydrogen-bond acceptors (Lipinski definition) is 5. The minimum Gasteiger partial charge on any atom is -0.623 e. The lowest BCUT2D eigenvalue weighted by atomic mass is 9.75. The Morgan fingerprint density at radius 2 is 1.62 bits per heavy atom. The first-order valence-electron chi connectivity index (χ1n) is 11.9. The molecule has 1 saturated heterocycles. The van der Waals surface area contributed by atoms with Gasteiger partial charge in [-0.15, -0.1) is 0 Å². The van der Waals surface area contributed by atoms with Gasteiger partial charge in [0.15, 0.2) is 11.3 Å². The molecule has 0 saturated carbocycles. The molecule has 8 nitrogen and oxygen atoms in total. The van der Waals surface area contributed by atoms with E-state index in [2.05, 4.69) is 20.9 Å². The van der Waals surface area contributed by atoms with Gasteiger partial charge in [0.2, 0.25) is 24.1 Å². The molecule has 2 heterocycles. The SMILES string of the molecule is CCC1(c2ccccc2)C(=O)NCNC1=O.CNC1=Nc2ccc(Cl)cc2C(c2ccccc2)=[N+]([O-])C1. The highest BCUT2D eigenvalue weighted by Crippen LogP contribution is 2.30. The van der Waals surface area contributed by atoms with E-state index in [0.717, 1.165) is 27.1 Å². The molecule has 37 heavy (non-hydrogen) atoms. The zero-order valence-electron chi connectivity index (χ0n) is 20.6. The molecule has 0 atom stereocenters. The van der Waals surface area contributed by atoms with E-state index in [0.29, 0.717) is 23.0 Å². The Balaban J connectivity index is 0.000000180. The van der Waals surface area contributed by atoms with Crippen LogP contribution < -0.4 is 16.0 Å². The minimum atomic E-state index is -1.07. The van der Waals surface area contributed by atoms with Crippen LogP contribution in [0.15, 0.2) is 83.9 Å². The second-order valence-corrected chi connectivity index (χ2v) is 8.97. The lowest BCUT2D eigenvalue weighted by Gasteiger charge is -2.34. The third-order valence-corrected chi connectivity index (χ3v) is 6.65. The number of hydrogen-bond donors (Lipinski definition) is 3. The second-order valence-electron chi connectivity index (χ2n) is 8.53. The number of amides is 2. The van der Waals surface area contributed by atoms with Crippen LogP contribution in [0.1, 0.15) is 30.0 Å². The first kappa shape index (κ1) is 25.9. The number of likely N-dealkylation sites (N-methyl/N-ethyl adjacent to an activating group) is 1. The smallest absolute Gasteiger partial charge is 0.241 e. The maximum atomic E-state index is 12.6. The number of fused-ring (bicyclic) bond motifs is 1. The van der Waals surface area contributed by atoms with Gasteiger partial charge in [-0.3, -0.25) is 9.59 Å². The highest BCUT2D eigenvalue weighted by Gasteiger charge is 2.47. The standard InChI is InChI=1S/C16H14ClN3O.C12H14N2O2/c1-18-15-10-20(21)16(11-5-3-2-4-6-11)13-9-12(17)7-8-14(13)19-15;1-2-12(9-6-4-3-5-7-9)10(15)13-8-14-11(12)16/h2-9H,10H2,1H3,(H,18,19);3-7H,2,8H2,1H3,(H,13,15)(H,14,16). The zero-order chi connectivity index (χ0) is 26.4. The largest absolute Gasteiger partial charge is 0.623 e. The third-order valence-electron chi connectivity index (χ3n) is 6.42. The molecule has 0 bridgehead atoms. The summed E-state index contributed by atoms with van der Waals surface area (Å²) in [7, 11) is 1.76. The van der Waals surface area contributed by atoms with Gasteiger partial charge in [0.25, 0.3) is 0 Å². The molecule has 3 aromatic rings. The number of amidine groups is 1. The van der Waals surface area contributed by atoms with Gasteiger partial charge in [0, 0.05) is 17.6 Å². The van der Waals surface area contributed by atoms with Crippen molar-refractivity contribution in [2.24, 2.45) is 4.99 Å². The molecule has 3 N–H and O–H groups in total. The normalized spacial score (nSPS) is 16.2. The molecular weight excluding hydrogens is 490 g/mol. The second kappa shape index (κ2) is 11.3. The van der Waals surface area contributed by atoms with E-state index in [1.165, 1.54) is 0 Å². The average Bonchev–Trinajstić information content (AvgIpc) is 3.05. The van der Waals surface area contributed by atoms with E-state index in [1.54, 1.807) is 19.2 Å². The Kier molecular flexibility index (Phi) is 7.89. The summed E-state index contributed by atoms with van der Waals surface area (Å²) in [5.41, 5.74) is 2.59. The van der Waals surface area contributed by atoms with Crippen molar-refractivity contribution in [2.45, 2.75) is 18.8 Å². The Labute approximate surface area is 220 Å². The highest BCUT2D eigenvalue weighted by molar-refractivity contribution is 6.31. The summed E-state index contributed by atoms with van der Waals surface area (Å²) in [6.07, 6.45) is 0.453. The lowest BCUT2D eigenvalue weighted by Crippen LogP contribution is -2.62. The topological polar surface area (TPSA) is 109 Å². The van der Waals surface area contributed by atoms with E-state index in [4.69, 9.17) is 11.6 Å². The van der Waals surface area contributed by atoms with E-state index in [1.807, 2.05) is 73.7 Å². The number of halogens is 1. The molecule has 2 aliphatic rings. The van der Waals surface area contributed by atoms with Gasteiger partial charge < -0.3 is 21.2 Å². The molecule has 0 aromatic heterocycles. The van der Waals surface area contributed by atoms with Crippen molar-refractivity contribution >= 4 is 40.6 Å². The molecule has 2 aliphatic heterocycles. The number of nitrogens with zero attached hydrogens (tertiary/aromatic N) is 2. The fourth-order valence-corrected chi connectivity index (χ4v) is 4.65. The predicted octanol–water partition coefficient (Wildman–Crippen LogP) is 3.49. The van der Waals surface area contributed by atoms with Crippen LogP contribution in [0.25, 0.3) is 0 Å². The van der Waals surface area contributed by atoms with Crippen molar-refractivity contribution in [1.82, 2.24) is 16.0 Å². The fraction of sp³-hybridized carbons (Fsp3) is 0.214. The van der Waals surface area contributed by atoms with E-state index in [9.17, 15) is 14.8 Å². The molecule has 190 valence electrons. The summed E-state index contributed by atoms with van der Waals surface area (Å²) >= 11 is 6.10. The van der Waals surface area contributed by atoms with E-state index in [-0.39, 0.29) is 25.0 Å². The van der Waals surface area contributed by atoms with Gasteiger partial charge in [-0.2, -0.15) is 4.74 Å². The molecule has 0 spiro atoms. The third kappa shape index (κ3) is 5.20. The van der Waals surface area contributed by atoms with Crippen molar-refractivity contribution < 1.29 is 14.3 Å². The first-order chi connectivity index (χ1) is 17.9. The lowest BCUT2D eigenvalue weighted by molar-refractivity contribution is -0.439. The number of carbonyl (C=O) groups is 2. The van der Waals surface area contributed by atoms with Gasteiger partial charge in [-0.05, 0) is 42.3 Å². The van der Waals surface area contributed by atoms with Gasteiger partial charge in [0.05, 0.1) is 17.9 Å². The summed E-state index contributed by atoms with van der Waals surface area (Å²) in [6, 6.07) is 24.1. The van der Waals surface area contributed by atoms with Crippen LogP contribution in [0.5, 0.6) is 0 Å². The number of nitrogens with one attached hydrogen (secondary N) is 3. The van der Waals surface area contributed by atoms with Gasteiger partial charge in [-0.25, -0.2) is 4.99 Å². The Morgan fingerprint density at radius 1 is 1.00 bits per heavy atom. The Morgan fingerprint density at radius 3 is 2.22 bits per heavy atom. The monoisotopic (exact) mass is 517 g/mol. The van der Waals surface area contributed by atoms with Crippen molar-refractivity contribution in [2.75, 3.05) is 20.3 Å². The number of carbonyl (C=O) groups excluding carboxylic acids is 2. The van der Waals surface area contributed by atoms with Crippen molar-refractivity contribution in [3.8, 4) is 0 Å². The number of benzene rings is 3. The van der Waals surface area contributed by atoms with Gasteiger partial charge in [-0.1, -0.05) is 67.1 Å². The van der Waals surface area contributed by atoms with Gasteiger partial charge >= 0.3 is 0 Å². The summed E-state index contributed by atoms with van der Waals surface area (Å²) in [5.74, 6) is 0.189. The van der Waals surface area contributed by atoms with Crippen LogP contribution in [0, 0.1) is 5.21 Å². The summed E-state index contributed by atoms with van der Waals surface area (Å²) in [5, 5.41) is 21.5. The molecule has 5 rings (SSSR count). The molecular formula is C28H28ClN5O3. The number of aliphatic imine (C=N–C) groups is 1. The summed E-state index contributed by atoms with van der Waals surface area (Å²) < 4.78 is 0.951. The molecule has 3 aromatic carbocycles. The molecule has 0 unspecified atom stereocenters. The quantitative estimate of drug-likeness (QED) is 0.281. The van der Waals surface area contributed by atoms with Crippen LogP contribution in [0.2, 0.25) is 5.02 Å². The maximum absolute atomic E-state index is 12.6. The highest BCUT2D eigenvalue weighted by atomic mass is 35.5. The van der Waals surface area contributed by atoms with Crippen LogP contribution in [0.4, 0.5) is 5.69 Å². The van der Waals surface area contributed by atoms with Crippen LogP contribution >= 0.6 is 11.6 Å². The number of hydroxylamine groups is 1. The van der Waals surface area contributed by atoms with Crippen LogP contribution in [-0.2, 0) is 15.0 Å². The minimum absolute atomic E-state index is 0.174. The fourth-order valence-electron chi connectivity index (χ4n) is 4.48. The van der Waals surface area contributed by atoms with Crippen LogP contribution in [0.3, 0.4) is 0 Å². The van der Waals surface area contributed by atoms with E-state index < -0.39 is 5.41 Å². The molecule has 0 radical (unpaired) electrons. The summed E-state index contributed by atoms with van der Waals surface area (Å²) in [4.78, 5) is 28.5. The molecule has 9 heteroatoms. The number of rotatable bonds is 3. The van der Waals surface area contributed by atoms with E-state index >= 15 is 0 Å². The summed E-state index contributed by atoms with van der Waals surface area (Å²) in [6.45, 7) is 2.23. The van der Waals surface area contributed by atoms with Crippen LogP contribution in [-0.4, -0.2) is 48.4 Å².